The third-order valence-corrected chi connectivity index (χ3v) is 5.90. The fourth-order valence-electron chi connectivity index (χ4n) is 3.79. The summed E-state index contributed by atoms with van der Waals surface area (Å²) in [5.41, 5.74) is 5.67. The monoisotopic (exact) mass is 429 g/mol. The van der Waals surface area contributed by atoms with Gasteiger partial charge in [0, 0.05) is 23.8 Å². The van der Waals surface area contributed by atoms with Gasteiger partial charge in [-0.2, -0.15) is 5.10 Å². The number of para-hydroxylation sites is 2. The summed E-state index contributed by atoms with van der Waals surface area (Å²) in [5, 5.41) is 4.64. The first-order valence-electron chi connectivity index (χ1n) is 9.88. The van der Waals surface area contributed by atoms with Crippen LogP contribution >= 0.6 is 11.6 Å². The van der Waals surface area contributed by atoms with E-state index in [0.29, 0.717) is 22.4 Å². The van der Waals surface area contributed by atoms with Gasteiger partial charge < -0.3 is 14.4 Å². The molecule has 0 aromatic heterocycles. The Kier molecular flexibility index (Phi) is 6.56. The molecule has 0 spiro atoms. The van der Waals surface area contributed by atoms with Crippen LogP contribution in [0.4, 0.5) is 5.69 Å². The number of hydrogen-bond acceptors (Lipinski definition) is 5. The van der Waals surface area contributed by atoms with Crippen molar-refractivity contribution in [3.8, 4) is 11.5 Å². The molecule has 1 heterocycles. The minimum absolute atomic E-state index is 0.0702. The number of anilines is 1. The fourth-order valence-corrected chi connectivity index (χ4v) is 4.00. The molecule has 1 N–H and O–H groups in total. The molecular weight excluding hydrogens is 402 g/mol. The van der Waals surface area contributed by atoms with Gasteiger partial charge in [-0.15, -0.1) is 0 Å². The van der Waals surface area contributed by atoms with Crippen LogP contribution in [0.1, 0.15) is 44.2 Å². The van der Waals surface area contributed by atoms with E-state index in [1.807, 2.05) is 18.2 Å². The average Bonchev–Trinajstić information content (AvgIpc) is 2.71. The van der Waals surface area contributed by atoms with E-state index in [-0.39, 0.29) is 18.1 Å². The van der Waals surface area contributed by atoms with Crippen LogP contribution in [0.3, 0.4) is 0 Å². The van der Waals surface area contributed by atoms with E-state index in [1.54, 1.807) is 25.5 Å². The van der Waals surface area contributed by atoms with Crippen LogP contribution in [0, 0.1) is 0 Å². The van der Waals surface area contributed by atoms with E-state index in [9.17, 15) is 4.79 Å². The summed E-state index contributed by atoms with van der Waals surface area (Å²) in [7, 11) is 3.64. The van der Waals surface area contributed by atoms with E-state index in [2.05, 4.69) is 49.3 Å². The minimum Gasteiger partial charge on any atom is -0.493 e. The summed E-state index contributed by atoms with van der Waals surface area (Å²) in [6.45, 7) is 6.52. The number of rotatable bonds is 6. The standard InChI is InChI=1S/C23H28ClN3O3/c1-15-12-23(2,3)27(4)19-11-18(24)16(10-17(15)19)13-25-26-22(28)14-30-21-9-7-6-8-20(21)29-5/h6-11,13,15H,12,14H2,1-5H3,(H,26,28)/b25-13+/t15-/m0/s1. The lowest BCUT2D eigenvalue weighted by atomic mass is 9.80. The predicted molar refractivity (Wildman–Crippen MR) is 121 cm³/mol. The fraction of sp³-hybridized carbons (Fsp3) is 0.391. The molecule has 0 saturated heterocycles. The molecule has 0 aliphatic carbocycles. The number of benzene rings is 2. The van der Waals surface area contributed by atoms with Crippen LogP contribution in [-0.4, -0.2) is 38.4 Å². The van der Waals surface area contributed by atoms with E-state index in [4.69, 9.17) is 21.1 Å². The number of carbonyl (C=O) groups excluding carboxylic acids is 1. The number of hydrazone groups is 1. The average molecular weight is 430 g/mol. The second kappa shape index (κ2) is 8.96. The molecule has 1 atom stereocenters. The molecule has 1 aliphatic rings. The third kappa shape index (κ3) is 4.70. The summed E-state index contributed by atoms with van der Waals surface area (Å²) in [5.74, 6) is 1.09. The highest BCUT2D eigenvalue weighted by atomic mass is 35.5. The first-order valence-corrected chi connectivity index (χ1v) is 10.3. The van der Waals surface area contributed by atoms with Crippen molar-refractivity contribution < 1.29 is 14.3 Å². The Balaban J connectivity index is 1.65. The number of nitrogens with zero attached hydrogens (tertiary/aromatic N) is 2. The van der Waals surface area contributed by atoms with Gasteiger partial charge >= 0.3 is 0 Å². The molecule has 0 unspecified atom stereocenters. The van der Waals surface area contributed by atoms with Gasteiger partial charge in [0.2, 0.25) is 0 Å². The topological polar surface area (TPSA) is 63.2 Å². The number of amides is 1. The molecule has 3 rings (SSSR count). The predicted octanol–water partition coefficient (Wildman–Crippen LogP) is 4.60. The molecule has 2 aromatic carbocycles. The number of hydrogen-bond donors (Lipinski definition) is 1. The highest BCUT2D eigenvalue weighted by Crippen LogP contribution is 2.44. The highest BCUT2D eigenvalue weighted by molar-refractivity contribution is 6.33. The van der Waals surface area contributed by atoms with Crippen molar-refractivity contribution in [3.05, 3.63) is 52.5 Å². The SMILES string of the molecule is COc1ccccc1OCC(=O)N/N=C/c1cc2c(cc1Cl)N(C)C(C)(C)C[C@@H]2C. The summed E-state index contributed by atoms with van der Waals surface area (Å²) in [6.07, 6.45) is 2.61. The molecule has 6 nitrogen and oxygen atoms in total. The minimum atomic E-state index is -0.374. The number of fused-ring (bicyclic) bond motifs is 1. The second-order valence-corrected chi connectivity index (χ2v) is 8.55. The molecule has 160 valence electrons. The van der Waals surface area contributed by atoms with Crippen LogP contribution in [0.25, 0.3) is 0 Å². The molecular formula is C23H28ClN3O3. The van der Waals surface area contributed by atoms with Crippen molar-refractivity contribution in [2.45, 2.75) is 38.6 Å². The van der Waals surface area contributed by atoms with Crippen molar-refractivity contribution in [2.24, 2.45) is 5.10 Å². The van der Waals surface area contributed by atoms with Crippen molar-refractivity contribution >= 4 is 29.4 Å². The molecule has 0 radical (unpaired) electrons. The zero-order valence-corrected chi connectivity index (χ0v) is 18.8. The maximum absolute atomic E-state index is 12.1. The smallest absolute Gasteiger partial charge is 0.277 e. The molecule has 0 fully saturated rings. The van der Waals surface area contributed by atoms with Crippen molar-refractivity contribution in [2.75, 3.05) is 25.7 Å². The lowest BCUT2D eigenvalue weighted by Gasteiger charge is -2.45. The Morgan fingerprint density at radius 3 is 2.73 bits per heavy atom. The second-order valence-electron chi connectivity index (χ2n) is 8.14. The molecule has 0 bridgehead atoms. The summed E-state index contributed by atoms with van der Waals surface area (Å²) in [6, 6.07) is 11.2. The van der Waals surface area contributed by atoms with Gasteiger partial charge in [-0.25, -0.2) is 5.43 Å². The lowest BCUT2D eigenvalue weighted by molar-refractivity contribution is -0.123. The van der Waals surface area contributed by atoms with E-state index in [1.165, 1.54) is 5.56 Å². The quantitative estimate of drug-likeness (QED) is 0.538. The van der Waals surface area contributed by atoms with Crippen LogP contribution in [0.15, 0.2) is 41.5 Å². The normalized spacial score (nSPS) is 17.5. The van der Waals surface area contributed by atoms with Gasteiger partial charge in [-0.05, 0) is 56.0 Å². The van der Waals surface area contributed by atoms with Gasteiger partial charge in [0.25, 0.3) is 5.91 Å². The number of nitrogens with one attached hydrogen (secondary N) is 1. The van der Waals surface area contributed by atoms with Gasteiger partial charge in [-0.3, -0.25) is 4.79 Å². The number of methoxy groups -OCH3 is 1. The Hall–Kier alpha value is -2.73. The summed E-state index contributed by atoms with van der Waals surface area (Å²) >= 11 is 6.49. The first kappa shape index (κ1) is 22.0. The van der Waals surface area contributed by atoms with Gasteiger partial charge in [0.1, 0.15) is 0 Å². The van der Waals surface area contributed by atoms with Gasteiger partial charge in [-0.1, -0.05) is 30.7 Å². The van der Waals surface area contributed by atoms with Crippen LogP contribution in [-0.2, 0) is 4.79 Å². The number of halogens is 1. The van der Waals surface area contributed by atoms with Crippen molar-refractivity contribution in [1.82, 2.24) is 5.43 Å². The van der Waals surface area contributed by atoms with E-state index < -0.39 is 0 Å². The maximum atomic E-state index is 12.1. The van der Waals surface area contributed by atoms with Gasteiger partial charge in [0.15, 0.2) is 18.1 Å². The van der Waals surface area contributed by atoms with Crippen molar-refractivity contribution in [1.29, 1.82) is 0 Å². The molecule has 1 amide bonds. The van der Waals surface area contributed by atoms with Gasteiger partial charge in [0.05, 0.1) is 18.3 Å². The van der Waals surface area contributed by atoms with Crippen LogP contribution in [0.5, 0.6) is 11.5 Å². The zero-order chi connectivity index (χ0) is 21.9. The van der Waals surface area contributed by atoms with E-state index in [0.717, 1.165) is 17.7 Å². The van der Waals surface area contributed by atoms with E-state index >= 15 is 0 Å². The Morgan fingerprint density at radius 1 is 1.33 bits per heavy atom. The molecule has 1 aliphatic heterocycles. The van der Waals surface area contributed by atoms with Crippen molar-refractivity contribution in [3.63, 3.8) is 0 Å². The Labute approximate surface area is 182 Å². The van der Waals surface area contributed by atoms with Crippen LogP contribution < -0.4 is 19.8 Å². The Morgan fingerprint density at radius 2 is 2.03 bits per heavy atom. The first-order chi connectivity index (χ1) is 14.2. The molecule has 2 aromatic rings. The number of carbonyl (C=O) groups is 1. The molecule has 30 heavy (non-hydrogen) atoms. The molecule has 7 heteroatoms. The molecule has 0 saturated carbocycles. The Bertz CT molecular complexity index is 959. The zero-order valence-electron chi connectivity index (χ0n) is 18.0. The summed E-state index contributed by atoms with van der Waals surface area (Å²) in [4.78, 5) is 14.3. The third-order valence-electron chi connectivity index (χ3n) is 5.57. The lowest BCUT2D eigenvalue weighted by Crippen LogP contribution is -2.45. The highest BCUT2D eigenvalue weighted by Gasteiger charge is 2.34. The maximum Gasteiger partial charge on any atom is 0.277 e. The summed E-state index contributed by atoms with van der Waals surface area (Å²) < 4.78 is 10.7. The van der Waals surface area contributed by atoms with Crippen LogP contribution in [0.2, 0.25) is 5.02 Å². The largest absolute Gasteiger partial charge is 0.493 e. The number of ether oxygens (including phenoxy) is 2.